The first-order valence-corrected chi connectivity index (χ1v) is 7.98. The normalized spacial score (nSPS) is 10.6. The van der Waals surface area contributed by atoms with Crippen LogP contribution in [-0.4, -0.2) is 43.3 Å². The maximum atomic E-state index is 10.5. The van der Waals surface area contributed by atoms with Gasteiger partial charge >= 0.3 is 6.09 Å². The largest absolute Gasteiger partial charge is 0.494 e. The van der Waals surface area contributed by atoms with E-state index in [2.05, 4.69) is 24.3 Å². The Morgan fingerprint density at radius 2 is 1.88 bits per heavy atom. The van der Waals surface area contributed by atoms with Crippen molar-refractivity contribution in [1.29, 1.82) is 0 Å². The van der Waals surface area contributed by atoms with Crippen molar-refractivity contribution in [2.24, 2.45) is 0 Å². The zero-order valence-corrected chi connectivity index (χ0v) is 14.2. The lowest BCUT2D eigenvalue weighted by atomic mass is 10.0. The van der Waals surface area contributed by atoms with Crippen LogP contribution < -0.4 is 10.1 Å². The number of hydrogen-bond acceptors (Lipinski definition) is 3. The van der Waals surface area contributed by atoms with E-state index in [1.54, 1.807) is 0 Å². The highest BCUT2D eigenvalue weighted by Gasteiger charge is 2.02. The maximum Gasteiger partial charge on any atom is 0.404 e. The molecule has 2 rings (SSSR count). The van der Waals surface area contributed by atoms with Crippen LogP contribution in [0, 0.1) is 0 Å². The van der Waals surface area contributed by atoms with Crippen LogP contribution in [0.3, 0.4) is 0 Å². The van der Waals surface area contributed by atoms with E-state index >= 15 is 0 Å². The van der Waals surface area contributed by atoms with Crippen LogP contribution in [0.15, 0.2) is 48.5 Å². The maximum absolute atomic E-state index is 10.5. The van der Waals surface area contributed by atoms with Gasteiger partial charge in [0, 0.05) is 13.1 Å². The molecule has 0 radical (unpaired) electrons. The van der Waals surface area contributed by atoms with Crippen molar-refractivity contribution in [2.75, 3.05) is 27.2 Å². The van der Waals surface area contributed by atoms with Gasteiger partial charge in [0.15, 0.2) is 0 Å². The van der Waals surface area contributed by atoms with Crippen molar-refractivity contribution in [1.82, 2.24) is 10.2 Å². The highest BCUT2D eigenvalue weighted by Crippen LogP contribution is 2.24. The number of hydrogen-bond donors (Lipinski definition) is 2. The van der Waals surface area contributed by atoms with E-state index in [1.165, 1.54) is 0 Å². The van der Waals surface area contributed by atoms with E-state index in [1.807, 2.05) is 48.5 Å². The molecule has 0 heterocycles. The van der Waals surface area contributed by atoms with E-state index in [0.29, 0.717) is 13.2 Å². The molecule has 5 heteroatoms. The van der Waals surface area contributed by atoms with Crippen LogP contribution in [0.25, 0.3) is 11.1 Å². The number of carbonyl (C=O) groups is 1. The van der Waals surface area contributed by atoms with Crippen molar-refractivity contribution in [3.05, 3.63) is 54.1 Å². The molecule has 0 aliphatic heterocycles. The lowest BCUT2D eigenvalue weighted by Crippen LogP contribution is -2.19. The first kappa shape index (κ1) is 17.8. The molecule has 0 spiro atoms. The smallest absolute Gasteiger partial charge is 0.404 e. The van der Waals surface area contributed by atoms with Crippen LogP contribution in [0.4, 0.5) is 4.79 Å². The van der Waals surface area contributed by atoms with E-state index in [4.69, 9.17) is 9.84 Å². The molecule has 0 bridgehead atoms. The predicted molar refractivity (Wildman–Crippen MR) is 95.4 cm³/mol. The minimum absolute atomic E-state index is 0.310. The Morgan fingerprint density at radius 3 is 2.54 bits per heavy atom. The summed E-state index contributed by atoms with van der Waals surface area (Å²) in [6.45, 7) is 2.01. The molecule has 0 fully saturated rings. The van der Waals surface area contributed by atoms with Gasteiger partial charge in [-0.2, -0.15) is 0 Å². The van der Waals surface area contributed by atoms with Gasteiger partial charge in [0.1, 0.15) is 5.75 Å². The van der Waals surface area contributed by atoms with E-state index < -0.39 is 6.09 Å². The first-order valence-electron chi connectivity index (χ1n) is 7.98. The number of carboxylic acid groups (broad SMARTS) is 1. The van der Waals surface area contributed by atoms with Gasteiger partial charge in [0.05, 0.1) is 6.61 Å². The van der Waals surface area contributed by atoms with Crippen LogP contribution in [0.2, 0.25) is 0 Å². The molecule has 24 heavy (non-hydrogen) atoms. The predicted octanol–water partition coefficient (Wildman–Crippen LogP) is 3.45. The van der Waals surface area contributed by atoms with E-state index in [0.717, 1.165) is 35.4 Å². The summed E-state index contributed by atoms with van der Waals surface area (Å²) in [5.41, 5.74) is 3.09. The highest BCUT2D eigenvalue weighted by molar-refractivity contribution is 5.66. The van der Waals surface area contributed by atoms with Crippen LogP contribution in [0.1, 0.15) is 12.0 Å². The van der Waals surface area contributed by atoms with Gasteiger partial charge < -0.3 is 20.1 Å². The summed E-state index contributed by atoms with van der Waals surface area (Å²) in [5.74, 6) is 0.864. The zero-order valence-electron chi connectivity index (χ0n) is 14.2. The molecule has 0 aromatic heterocycles. The van der Waals surface area contributed by atoms with Crippen LogP contribution >= 0.6 is 0 Å². The zero-order chi connectivity index (χ0) is 17.4. The summed E-state index contributed by atoms with van der Waals surface area (Å²) in [6, 6.07) is 15.8. The molecule has 2 aromatic carbocycles. The molecule has 0 atom stereocenters. The third-order valence-corrected chi connectivity index (χ3v) is 3.58. The number of ether oxygens (including phenoxy) is 1. The Hall–Kier alpha value is -2.53. The lowest BCUT2D eigenvalue weighted by Gasteiger charge is -2.11. The molecule has 0 aliphatic rings. The van der Waals surface area contributed by atoms with Crippen molar-refractivity contribution >= 4 is 6.09 Å². The summed E-state index contributed by atoms with van der Waals surface area (Å²) in [5, 5.41) is 11.0. The van der Waals surface area contributed by atoms with Gasteiger partial charge in [-0.1, -0.05) is 36.4 Å². The van der Waals surface area contributed by atoms with Crippen molar-refractivity contribution in [2.45, 2.75) is 13.0 Å². The number of amides is 1. The summed E-state index contributed by atoms with van der Waals surface area (Å²) in [7, 11) is 4.10. The van der Waals surface area contributed by atoms with Gasteiger partial charge in [-0.15, -0.1) is 0 Å². The van der Waals surface area contributed by atoms with Gasteiger partial charge in [-0.25, -0.2) is 4.79 Å². The molecule has 0 saturated carbocycles. The first-order chi connectivity index (χ1) is 11.5. The molecular formula is C19H24N2O3. The molecule has 128 valence electrons. The molecule has 5 nitrogen and oxygen atoms in total. The number of benzene rings is 2. The topological polar surface area (TPSA) is 61.8 Å². The fraction of sp³-hybridized carbons (Fsp3) is 0.316. The van der Waals surface area contributed by atoms with Gasteiger partial charge in [-0.3, -0.25) is 0 Å². The molecular weight excluding hydrogens is 304 g/mol. The summed E-state index contributed by atoms with van der Waals surface area (Å²) < 4.78 is 5.81. The van der Waals surface area contributed by atoms with Crippen molar-refractivity contribution in [3.63, 3.8) is 0 Å². The Balaban J connectivity index is 1.96. The average molecular weight is 328 g/mol. The van der Waals surface area contributed by atoms with Crippen LogP contribution in [-0.2, 0) is 6.54 Å². The second kappa shape index (κ2) is 8.93. The monoisotopic (exact) mass is 328 g/mol. The Bertz CT molecular complexity index is 654. The molecule has 2 N–H and O–H groups in total. The summed E-state index contributed by atoms with van der Waals surface area (Å²) in [6.07, 6.45) is -0.0270. The number of nitrogens with zero attached hydrogens (tertiary/aromatic N) is 1. The minimum atomic E-state index is -1.02. The third-order valence-electron chi connectivity index (χ3n) is 3.58. The van der Waals surface area contributed by atoms with Crippen molar-refractivity contribution < 1.29 is 14.6 Å². The number of nitrogens with one attached hydrogen (secondary N) is 1. The fourth-order valence-electron chi connectivity index (χ4n) is 2.33. The standard InChI is InChI=1S/C19H24N2O3/c1-21(2)11-4-12-24-18-6-3-5-17(13-18)16-9-7-15(8-10-16)14-20-19(22)23/h3,5-10,13,20H,4,11-12,14H2,1-2H3,(H,22,23). The van der Waals surface area contributed by atoms with Gasteiger partial charge in [0.25, 0.3) is 0 Å². The summed E-state index contributed by atoms with van der Waals surface area (Å²) >= 11 is 0. The van der Waals surface area contributed by atoms with Gasteiger partial charge in [0.2, 0.25) is 0 Å². The van der Waals surface area contributed by atoms with E-state index in [-0.39, 0.29) is 0 Å². The lowest BCUT2D eigenvalue weighted by molar-refractivity contribution is 0.194. The second-order valence-corrected chi connectivity index (χ2v) is 5.89. The number of rotatable bonds is 8. The Kier molecular flexibility index (Phi) is 6.63. The molecule has 0 unspecified atom stereocenters. The van der Waals surface area contributed by atoms with E-state index in [9.17, 15) is 4.79 Å². The molecule has 0 aliphatic carbocycles. The Morgan fingerprint density at radius 1 is 1.12 bits per heavy atom. The van der Waals surface area contributed by atoms with Gasteiger partial charge in [-0.05, 0) is 49.3 Å². The highest BCUT2D eigenvalue weighted by atomic mass is 16.5. The SMILES string of the molecule is CN(C)CCCOc1cccc(-c2ccc(CNC(=O)O)cc2)c1. The Labute approximate surface area is 142 Å². The molecule has 2 aromatic rings. The quantitative estimate of drug-likeness (QED) is 0.729. The van der Waals surface area contributed by atoms with Crippen LogP contribution in [0.5, 0.6) is 5.75 Å². The third kappa shape index (κ3) is 5.93. The second-order valence-electron chi connectivity index (χ2n) is 5.89. The minimum Gasteiger partial charge on any atom is -0.494 e. The molecule has 1 amide bonds. The fourth-order valence-corrected chi connectivity index (χ4v) is 2.33. The molecule has 0 saturated heterocycles. The van der Waals surface area contributed by atoms with Crippen molar-refractivity contribution in [3.8, 4) is 16.9 Å². The average Bonchev–Trinajstić information content (AvgIpc) is 2.57. The summed E-state index contributed by atoms with van der Waals surface area (Å²) in [4.78, 5) is 12.7.